The van der Waals surface area contributed by atoms with Gasteiger partial charge in [0.25, 0.3) is 0 Å². The van der Waals surface area contributed by atoms with Gasteiger partial charge in [-0.2, -0.15) is 0 Å². The minimum Gasteiger partial charge on any atom is -0.388 e. The van der Waals surface area contributed by atoms with Crippen molar-refractivity contribution in [1.82, 2.24) is 15.0 Å². The summed E-state index contributed by atoms with van der Waals surface area (Å²) in [5.74, 6) is 0. The molecule has 0 saturated carbocycles. The molecule has 0 bridgehead atoms. The zero-order valence-electron chi connectivity index (χ0n) is 10.1. The Morgan fingerprint density at radius 3 is 2.65 bits per heavy atom. The predicted octanol–water partition coefficient (Wildman–Crippen LogP) is 2.34. The van der Waals surface area contributed by atoms with E-state index in [9.17, 15) is 0 Å². The molecule has 1 heterocycles. The zero-order valence-corrected chi connectivity index (χ0v) is 10.1. The van der Waals surface area contributed by atoms with E-state index >= 15 is 0 Å². The molecular weight excluding hydrogens is 212 g/mol. The predicted molar refractivity (Wildman–Crippen MR) is 68.9 cm³/mol. The first-order chi connectivity index (χ1) is 8.38. The largest absolute Gasteiger partial charge is 0.388 e. The van der Waals surface area contributed by atoms with Gasteiger partial charge in [-0.05, 0) is 37.0 Å². The van der Waals surface area contributed by atoms with Gasteiger partial charge >= 0.3 is 0 Å². The van der Waals surface area contributed by atoms with Crippen LogP contribution in [0.25, 0.3) is 0 Å². The van der Waals surface area contributed by atoms with Crippen LogP contribution in [0.1, 0.15) is 18.4 Å². The van der Waals surface area contributed by atoms with Crippen molar-refractivity contribution in [1.29, 1.82) is 0 Å². The molecule has 90 valence electrons. The molecule has 0 unspecified atom stereocenters. The Morgan fingerprint density at radius 1 is 1.18 bits per heavy atom. The third-order valence-corrected chi connectivity index (χ3v) is 2.82. The third kappa shape index (κ3) is 3.59. The quantitative estimate of drug-likeness (QED) is 0.775. The maximum absolute atomic E-state index is 3.94. The van der Waals surface area contributed by atoms with Gasteiger partial charge in [-0.25, -0.2) is 0 Å². The van der Waals surface area contributed by atoms with Crippen molar-refractivity contribution >= 4 is 5.69 Å². The molecule has 0 radical (unpaired) electrons. The maximum atomic E-state index is 3.94. The molecule has 0 fully saturated rings. The molecule has 1 aromatic heterocycles. The second-order valence-corrected chi connectivity index (χ2v) is 4.07. The van der Waals surface area contributed by atoms with Crippen LogP contribution in [0.5, 0.6) is 0 Å². The molecule has 0 aliphatic carbocycles. The van der Waals surface area contributed by atoms with Gasteiger partial charge in [-0.3, -0.25) is 4.68 Å². The average Bonchev–Trinajstić information content (AvgIpc) is 2.88. The number of hydrogen-bond donors (Lipinski definition) is 1. The number of nitrogens with one attached hydrogen (secondary N) is 1. The minimum atomic E-state index is 0.953. The molecule has 2 aromatic rings. The van der Waals surface area contributed by atoms with Gasteiger partial charge in [-0.15, -0.1) is 5.10 Å². The normalized spacial score (nSPS) is 10.4. The Bertz CT molecular complexity index is 419. The second-order valence-electron chi connectivity index (χ2n) is 4.07. The minimum absolute atomic E-state index is 0.953. The van der Waals surface area contributed by atoms with Crippen LogP contribution >= 0.6 is 0 Å². The summed E-state index contributed by atoms with van der Waals surface area (Å²) >= 11 is 0. The molecular formula is C13H18N4. The highest BCUT2D eigenvalue weighted by Gasteiger charge is 1.95. The topological polar surface area (TPSA) is 42.7 Å². The summed E-state index contributed by atoms with van der Waals surface area (Å²) in [7, 11) is 1.94. The van der Waals surface area contributed by atoms with E-state index in [-0.39, 0.29) is 0 Å². The fourth-order valence-corrected chi connectivity index (χ4v) is 1.79. The fraction of sp³-hybridized carbons (Fsp3) is 0.385. The molecule has 0 atom stereocenters. The Balaban J connectivity index is 1.70. The standard InChI is InChI=1S/C13H18N4/c1-14-13-7-5-12(6-8-13)4-2-3-10-17-11-9-15-16-17/h5-9,11,14H,2-4,10H2,1H3. The van der Waals surface area contributed by atoms with Crippen LogP contribution < -0.4 is 5.32 Å². The average molecular weight is 230 g/mol. The number of rotatable bonds is 6. The van der Waals surface area contributed by atoms with Crippen molar-refractivity contribution in [3.63, 3.8) is 0 Å². The zero-order chi connectivity index (χ0) is 11.9. The van der Waals surface area contributed by atoms with Gasteiger partial charge in [0.1, 0.15) is 0 Å². The number of aryl methyl sites for hydroxylation is 2. The first-order valence-corrected chi connectivity index (χ1v) is 5.99. The number of benzene rings is 1. The maximum Gasteiger partial charge on any atom is 0.0692 e. The van der Waals surface area contributed by atoms with E-state index < -0.39 is 0 Å². The summed E-state index contributed by atoms with van der Waals surface area (Å²) in [4.78, 5) is 0. The van der Waals surface area contributed by atoms with Crippen molar-refractivity contribution in [3.8, 4) is 0 Å². The van der Waals surface area contributed by atoms with Crippen LogP contribution in [0.2, 0.25) is 0 Å². The molecule has 17 heavy (non-hydrogen) atoms. The number of anilines is 1. The molecule has 0 aliphatic heterocycles. The van der Waals surface area contributed by atoms with Crippen LogP contribution in [0.15, 0.2) is 36.7 Å². The van der Waals surface area contributed by atoms with Gasteiger partial charge in [0.2, 0.25) is 0 Å². The van der Waals surface area contributed by atoms with E-state index in [0.717, 1.165) is 25.1 Å². The van der Waals surface area contributed by atoms with Crippen LogP contribution in [0, 0.1) is 0 Å². The molecule has 1 N–H and O–H groups in total. The van der Waals surface area contributed by atoms with Gasteiger partial charge in [0.05, 0.1) is 6.20 Å². The van der Waals surface area contributed by atoms with Crippen molar-refractivity contribution in [3.05, 3.63) is 42.2 Å². The molecule has 1 aromatic carbocycles. The van der Waals surface area contributed by atoms with Gasteiger partial charge in [0, 0.05) is 25.5 Å². The first-order valence-electron chi connectivity index (χ1n) is 5.99. The summed E-state index contributed by atoms with van der Waals surface area (Å²) in [5, 5.41) is 10.8. The molecule has 0 spiro atoms. The molecule has 4 heteroatoms. The molecule has 0 saturated heterocycles. The second kappa shape index (κ2) is 6.03. The molecule has 4 nitrogen and oxygen atoms in total. The molecule has 0 aliphatic rings. The number of hydrogen-bond acceptors (Lipinski definition) is 3. The highest BCUT2D eigenvalue weighted by atomic mass is 15.4. The van der Waals surface area contributed by atoms with E-state index in [1.807, 2.05) is 17.9 Å². The number of aromatic nitrogens is 3. The summed E-state index contributed by atoms with van der Waals surface area (Å²) in [5.41, 5.74) is 2.55. The van der Waals surface area contributed by atoms with Gasteiger partial charge in [-0.1, -0.05) is 17.3 Å². The lowest BCUT2D eigenvalue weighted by Gasteiger charge is -2.04. The fourth-order valence-electron chi connectivity index (χ4n) is 1.79. The van der Waals surface area contributed by atoms with E-state index in [1.165, 1.54) is 12.0 Å². The Morgan fingerprint density at radius 2 is 2.00 bits per heavy atom. The van der Waals surface area contributed by atoms with Crippen molar-refractivity contribution in [2.24, 2.45) is 0 Å². The summed E-state index contributed by atoms with van der Waals surface area (Å²) in [6.45, 7) is 0.953. The highest BCUT2D eigenvalue weighted by molar-refractivity contribution is 5.43. The van der Waals surface area contributed by atoms with Crippen LogP contribution in [-0.2, 0) is 13.0 Å². The Kier molecular flexibility index (Phi) is 4.13. The van der Waals surface area contributed by atoms with E-state index in [4.69, 9.17) is 0 Å². The van der Waals surface area contributed by atoms with Crippen LogP contribution in [0.4, 0.5) is 5.69 Å². The van der Waals surface area contributed by atoms with E-state index in [2.05, 4.69) is 39.9 Å². The monoisotopic (exact) mass is 230 g/mol. The lowest BCUT2D eigenvalue weighted by Crippen LogP contribution is -1.99. The highest BCUT2D eigenvalue weighted by Crippen LogP contribution is 2.11. The lowest BCUT2D eigenvalue weighted by molar-refractivity contribution is 0.541. The summed E-state index contributed by atoms with van der Waals surface area (Å²) < 4.78 is 1.88. The van der Waals surface area contributed by atoms with Crippen LogP contribution in [-0.4, -0.2) is 22.0 Å². The smallest absolute Gasteiger partial charge is 0.0692 e. The number of nitrogens with zero attached hydrogens (tertiary/aromatic N) is 3. The SMILES string of the molecule is CNc1ccc(CCCCn2ccnn2)cc1. The molecule has 2 rings (SSSR count). The summed E-state index contributed by atoms with van der Waals surface area (Å²) in [6, 6.07) is 8.60. The third-order valence-electron chi connectivity index (χ3n) is 2.82. The van der Waals surface area contributed by atoms with E-state index in [0.29, 0.717) is 0 Å². The van der Waals surface area contributed by atoms with Crippen molar-refractivity contribution in [2.75, 3.05) is 12.4 Å². The van der Waals surface area contributed by atoms with Crippen LogP contribution in [0.3, 0.4) is 0 Å². The first kappa shape index (κ1) is 11.6. The van der Waals surface area contributed by atoms with Crippen molar-refractivity contribution < 1.29 is 0 Å². The van der Waals surface area contributed by atoms with Gasteiger partial charge in [0.15, 0.2) is 0 Å². The lowest BCUT2D eigenvalue weighted by atomic mass is 10.1. The van der Waals surface area contributed by atoms with E-state index in [1.54, 1.807) is 6.20 Å². The van der Waals surface area contributed by atoms with Gasteiger partial charge < -0.3 is 5.32 Å². The Labute approximate surface area is 102 Å². The number of unbranched alkanes of at least 4 members (excludes halogenated alkanes) is 1. The molecule has 0 amide bonds. The Hall–Kier alpha value is -1.84. The summed E-state index contributed by atoms with van der Waals surface area (Å²) in [6.07, 6.45) is 7.06. The van der Waals surface area contributed by atoms with Crippen molar-refractivity contribution in [2.45, 2.75) is 25.8 Å².